The molecule has 0 saturated carbocycles. The molecule has 21 heavy (non-hydrogen) atoms. The fraction of sp³-hybridized carbons (Fsp3) is 0.471. The zero-order valence-electron chi connectivity index (χ0n) is 13.1. The lowest BCUT2D eigenvalue weighted by Gasteiger charge is -2.37. The van der Waals surface area contributed by atoms with Gasteiger partial charge in [-0.2, -0.15) is 0 Å². The topological polar surface area (TPSA) is 34.6 Å². The van der Waals surface area contributed by atoms with Crippen molar-refractivity contribution < 1.29 is 9.47 Å². The van der Waals surface area contributed by atoms with Crippen molar-refractivity contribution in [3.8, 4) is 5.75 Å². The number of benzene rings is 1. The zero-order chi connectivity index (χ0) is 15.0. The quantitative estimate of drug-likeness (QED) is 0.849. The number of pyridine rings is 1. The predicted molar refractivity (Wildman–Crippen MR) is 85.3 cm³/mol. The van der Waals surface area contributed by atoms with Crippen LogP contribution in [0.4, 0.5) is 5.69 Å². The minimum Gasteiger partial charge on any atom is -0.494 e. The minimum absolute atomic E-state index is 0.239. The van der Waals surface area contributed by atoms with Crippen LogP contribution in [0.1, 0.15) is 19.5 Å². The molecule has 0 spiro atoms. The zero-order valence-corrected chi connectivity index (χ0v) is 13.1. The highest BCUT2D eigenvalue weighted by Crippen LogP contribution is 2.33. The number of nitrogens with zero attached hydrogens (tertiary/aromatic N) is 2. The number of ether oxygens (including phenoxy) is 2. The first-order chi connectivity index (χ1) is 10.1. The number of hydrogen-bond donors (Lipinski definition) is 0. The van der Waals surface area contributed by atoms with Gasteiger partial charge in [0, 0.05) is 29.9 Å². The monoisotopic (exact) mass is 286 g/mol. The predicted octanol–water partition coefficient (Wildman–Crippen LogP) is 3.17. The lowest BCUT2D eigenvalue weighted by molar-refractivity contribution is -0.00513. The highest BCUT2D eigenvalue weighted by molar-refractivity contribution is 5.95. The van der Waals surface area contributed by atoms with Gasteiger partial charge in [-0.25, -0.2) is 4.98 Å². The average molecular weight is 286 g/mol. The van der Waals surface area contributed by atoms with Crippen molar-refractivity contribution in [2.75, 3.05) is 25.1 Å². The highest BCUT2D eigenvalue weighted by Gasteiger charge is 2.24. The Morgan fingerprint density at radius 1 is 1.24 bits per heavy atom. The van der Waals surface area contributed by atoms with Crippen LogP contribution in [0.5, 0.6) is 5.75 Å². The second-order valence-corrected chi connectivity index (χ2v) is 5.80. The summed E-state index contributed by atoms with van der Waals surface area (Å²) in [6, 6.07) is 8.26. The Kier molecular flexibility index (Phi) is 3.72. The van der Waals surface area contributed by atoms with E-state index >= 15 is 0 Å². The van der Waals surface area contributed by atoms with Gasteiger partial charge < -0.3 is 14.4 Å². The summed E-state index contributed by atoms with van der Waals surface area (Å²) in [6.07, 6.45) is 0.478. The second kappa shape index (κ2) is 5.53. The third kappa shape index (κ3) is 2.68. The van der Waals surface area contributed by atoms with E-state index in [0.29, 0.717) is 0 Å². The van der Waals surface area contributed by atoms with Crippen molar-refractivity contribution >= 4 is 16.6 Å². The normalized spacial score (nSPS) is 22.6. The van der Waals surface area contributed by atoms with E-state index in [9.17, 15) is 0 Å². The van der Waals surface area contributed by atoms with Gasteiger partial charge in [0.05, 0.1) is 19.3 Å². The summed E-state index contributed by atoms with van der Waals surface area (Å²) >= 11 is 0. The fourth-order valence-corrected chi connectivity index (χ4v) is 3.13. The van der Waals surface area contributed by atoms with Crippen LogP contribution in [-0.2, 0) is 4.74 Å². The Balaban J connectivity index is 2.13. The number of aromatic nitrogens is 1. The molecule has 1 aromatic carbocycles. The van der Waals surface area contributed by atoms with Crippen molar-refractivity contribution in [1.82, 2.24) is 4.98 Å². The molecule has 112 valence electrons. The van der Waals surface area contributed by atoms with Crippen molar-refractivity contribution in [3.63, 3.8) is 0 Å². The minimum atomic E-state index is 0.239. The van der Waals surface area contributed by atoms with Crippen molar-refractivity contribution in [3.05, 3.63) is 30.0 Å². The summed E-state index contributed by atoms with van der Waals surface area (Å²) < 4.78 is 11.3. The molecule has 0 bridgehead atoms. The molecule has 3 rings (SSSR count). The number of rotatable bonds is 2. The molecular weight excluding hydrogens is 264 g/mol. The van der Waals surface area contributed by atoms with Crippen molar-refractivity contribution in [1.29, 1.82) is 0 Å². The van der Waals surface area contributed by atoms with Crippen LogP contribution >= 0.6 is 0 Å². The molecule has 0 radical (unpaired) electrons. The number of anilines is 1. The van der Waals surface area contributed by atoms with Crippen LogP contribution in [0.3, 0.4) is 0 Å². The van der Waals surface area contributed by atoms with Gasteiger partial charge in [-0.3, -0.25) is 0 Å². The molecule has 0 N–H and O–H groups in total. The van der Waals surface area contributed by atoms with Gasteiger partial charge in [0.25, 0.3) is 0 Å². The van der Waals surface area contributed by atoms with Crippen LogP contribution in [0, 0.1) is 6.92 Å². The lowest BCUT2D eigenvalue weighted by atomic mass is 10.1. The van der Waals surface area contributed by atoms with Gasteiger partial charge in [-0.1, -0.05) is 12.1 Å². The van der Waals surface area contributed by atoms with Gasteiger partial charge >= 0.3 is 0 Å². The molecule has 0 amide bonds. The van der Waals surface area contributed by atoms with Crippen LogP contribution in [-0.4, -0.2) is 37.4 Å². The molecule has 2 unspecified atom stereocenters. The molecule has 1 saturated heterocycles. The molecule has 4 nitrogen and oxygen atoms in total. The Morgan fingerprint density at radius 2 is 1.95 bits per heavy atom. The maximum atomic E-state index is 5.84. The van der Waals surface area contributed by atoms with E-state index in [0.717, 1.165) is 35.4 Å². The highest BCUT2D eigenvalue weighted by atomic mass is 16.5. The maximum absolute atomic E-state index is 5.84. The van der Waals surface area contributed by atoms with Gasteiger partial charge in [-0.15, -0.1) is 0 Å². The van der Waals surface area contributed by atoms with Crippen LogP contribution in [0.15, 0.2) is 24.3 Å². The summed E-state index contributed by atoms with van der Waals surface area (Å²) in [7, 11) is 1.69. The Labute approximate surface area is 125 Å². The molecule has 4 heteroatoms. The van der Waals surface area contributed by atoms with E-state index < -0.39 is 0 Å². The fourth-order valence-electron chi connectivity index (χ4n) is 3.13. The number of morpholine rings is 1. The van der Waals surface area contributed by atoms with Gasteiger partial charge in [0.1, 0.15) is 11.3 Å². The van der Waals surface area contributed by atoms with E-state index in [4.69, 9.17) is 9.47 Å². The number of methoxy groups -OCH3 is 1. The summed E-state index contributed by atoms with van der Waals surface area (Å²) in [5.41, 5.74) is 3.16. The Bertz CT molecular complexity index is 647. The number of hydrogen-bond acceptors (Lipinski definition) is 4. The standard InChI is InChI=1S/C17H22N2O2/c1-11-8-15(19-9-12(2)21-13(3)10-19)14-6-5-7-16(20-4)17(14)18-11/h5-8,12-13H,9-10H2,1-4H3. The molecule has 2 heterocycles. The molecule has 1 aliphatic rings. The first-order valence-electron chi connectivity index (χ1n) is 7.43. The van der Waals surface area contributed by atoms with Crippen molar-refractivity contribution in [2.24, 2.45) is 0 Å². The summed E-state index contributed by atoms with van der Waals surface area (Å²) in [4.78, 5) is 7.06. The van der Waals surface area contributed by atoms with E-state index in [-0.39, 0.29) is 12.2 Å². The average Bonchev–Trinajstić information content (AvgIpc) is 2.44. The molecular formula is C17H22N2O2. The number of fused-ring (bicyclic) bond motifs is 1. The lowest BCUT2D eigenvalue weighted by Crippen LogP contribution is -2.45. The summed E-state index contributed by atoms with van der Waals surface area (Å²) in [5, 5.41) is 1.14. The van der Waals surface area contributed by atoms with Crippen LogP contribution < -0.4 is 9.64 Å². The van der Waals surface area contributed by atoms with Crippen LogP contribution in [0.25, 0.3) is 10.9 Å². The first kappa shape index (κ1) is 14.1. The summed E-state index contributed by atoms with van der Waals surface area (Å²) in [6.45, 7) is 8.09. The molecule has 1 aliphatic heterocycles. The van der Waals surface area contributed by atoms with E-state index in [1.54, 1.807) is 7.11 Å². The Morgan fingerprint density at radius 3 is 2.62 bits per heavy atom. The largest absolute Gasteiger partial charge is 0.494 e. The molecule has 1 fully saturated rings. The Hall–Kier alpha value is -1.81. The molecule has 1 aromatic heterocycles. The van der Waals surface area contributed by atoms with Crippen molar-refractivity contribution in [2.45, 2.75) is 33.0 Å². The van der Waals surface area contributed by atoms with E-state index in [1.807, 2.05) is 19.1 Å². The third-order valence-electron chi connectivity index (χ3n) is 3.89. The van der Waals surface area contributed by atoms with Crippen LogP contribution in [0.2, 0.25) is 0 Å². The van der Waals surface area contributed by atoms with Gasteiger partial charge in [0.2, 0.25) is 0 Å². The van der Waals surface area contributed by atoms with E-state index in [1.165, 1.54) is 5.69 Å². The van der Waals surface area contributed by atoms with Gasteiger partial charge in [-0.05, 0) is 32.9 Å². The maximum Gasteiger partial charge on any atom is 0.145 e. The molecule has 2 aromatic rings. The first-order valence-corrected chi connectivity index (χ1v) is 7.43. The molecule has 2 atom stereocenters. The van der Waals surface area contributed by atoms with Gasteiger partial charge in [0.15, 0.2) is 0 Å². The van der Waals surface area contributed by atoms with E-state index in [2.05, 4.69) is 35.9 Å². The molecule has 0 aliphatic carbocycles. The second-order valence-electron chi connectivity index (χ2n) is 5.80. The smallest absolute Gasteiger partial charge is 0.145 e. The SMILES string of the molecule is COc1cccc2c(N3CC(C)OC(C)C3)cc(C)nc12. The third-order valence-corrected chi connectivity index (χ3v) is 3.89. The number of aryl methyl sites for hydroxylation is 1. The number of para-hydroxylation sites is 1. The summed E-state index contributed by atoms with van der Waals surface area (Å²) in [5.74, 6) is 0.826.